The third-order valence-corrected chi connectivity index (χ3v) is 18.0. The number of aliphatic hydroxyl groups is 2. The minimum absolute atomic E-state index is 0.0133. The van der Waals surface area contributed by atoms with E-state index in [1.165, 1.54) is 360 Å². The lowest BCUT2D eigenvalue weighted by atomic mass is 10.0. The van der Waals surface area contributed by atoms with E-state index in [4.69, 9.17) is 4.74 Å². The normalized spacial score (nSPS) is 12.6. The molecule has 0 saturated carbocycles. The number of allylic oxidation sites excluding steroid dienone is 3. The molecule has 0 saturated heterocycles. The quantitative estimate of drug-likeness (QED) is 0.0320. The summed E-state index contributed by atoms with van der Waals surface area (Å²) in [5.74, 6) is -0.0461. The van der Waals surface area contributed by atoms with Crippen molar-refractivity contribution in [3.63, 3.8) is 0 Å². The summed E-state index contributed by atoms with van der Waals surface area (Å²) in [6.07, 6.45) is 92.9. The van der Waals surface area contributed by atoms with Crippen LogP contribution >= 0.6 is 0 Å². The van der Waals surface area contributed by atoms with Crippen molar-refractivity contribution in [2.75, 3.05) is 13.2 Å². The molecule has 0 heterocycles. The topological polar surface area (TPSA) is 95.9 Å². The van der Waals surface area contributed by atoms with Gasteiger partial charge in [0.2, 0.25) is 5.91 Å². The number of nitrogens with one attached hydrogen (secondary N) is 1. The summed E-state index contributed by atoms with van der Waals surface area (Å²) in [6, 6.07) is -0.625. The van der Waals surface area contributed by atoms with E-state index in [0.29, 0.717) is 19.4 Å². The molecule has 0 aliphatic heterocycles. The number of aliphatic hydroxyl groups excluding tert-OH is 2. The van der Waals surface area contributed by atoms with E-state index >= 15 is 0 Å². The Morgan fingerprint density at radius 3 is 0.855 bits per heavy atom. The van der Waals surface area contributed by atoms with Crippen LogP contribution < -0.4 is 5.32 Å². The number of ether oxygens (including phenoxy) is 1. The summed E-state index contributed by atoms with van der Waals surface area (Å²) < 4.78 is 5.50. The van der Waals surface area contributed by atoms with Crippen LogP contribution in [0.4, 0.5) is 0 Å². The summed E-state index contributed by atoms with van der Waals surface area (Å²) in [4.78, 5) is 24.6. The van der Waals surface area contributed by atoms with Crippen molar-refractivity contribution in [3.8, 4) is 0 Å². The summed E-state index contributed by atoms with van der Waals surface area (Å²) in [5.41, 5.74) is 0. The van der Waals surface area contributed by atoms with E-state index in [1.807, 2.05) is 6.08 Å². The van der Waals surface area contributed by atoms with Gasteiger partial charge in [0.05, 0.1) is 25.4 Å². The summed E-state index contributed by atoms with van der Waals surface area (Å²) in [5, 5.41) is 23.3. The fraction of sp³-hybridized carbons (Fsp3) is 0.922. The van der Waals surface area contributed by atoms with Gasteiger partial charge in [-0.15, -0.1) is 0 Å². The van der Waals surface area contributed by atoms with Crippen LogP contribution in [-0.4, -0.2) is 47.4 Å². The van der Waals surface area contributed by atoms with Crippen LogP contribution in [0.25, 0.3) is 0 Å². The Bertz CT molecular complexity index is 1300. The van der Waals surface area contributed by atoms with Gasteiger partial charge in [0.15, 0.2) is 0 Å². The van der Waals surface area contributed by atoms with Crippen LogP contribution in [0.3, 0.4) is 0 Å². The zero-order chi connectivity index (χ0) is 59.9. The van der Waals surface area contributed by atoms with E-state index < -0.39 is 12.1 Å². The van der Waals surface area contributed by atoms with Gasteiger partial charge in [-0.2, -0.15) is 0 Å². The summed E-state index contributed by atoms with van der Waals surface area (Å²) in [7, 11) is 0. The zero-order valence-electron chi connectivity index (χ0n) is 56.5. The van der Waals surface area contributed by atoms with Crippen molar-refractivity contribution < 1.29 is 24.5 Å². The number of carbonyl (C=O) groups excluding carboxylic acids is 2. The molecule has 0 fully saturated rings. The highest BCUT2D eigenvalue weighted by Crippen LogP contribution is 2.20. The molecule has 83 heavy (non-hydrogen) atoms. The van der Waals surface area contributed by atoms with E-state index in [1.54, 1.807) is 6.08 Å². The van der Waals surface area contributed by atoms with Gasteiger partial charge in [-0.05, 0) is 57.8 Å². The Balaban J connectivity index is 3.35. The molecule has 2 atom stereocenters. The van der Waals surface area contributed by atoms with E-state index in [2.05, 4.69) is 31.3 Å². The largest absolute Gasteiger partial charge is 0.466 e. The molecular weight excluding hydrogens is 1020 g/mol. The molecular formula is C77H149NO5. The Morgan fingerprint density at radius 2 is 0.566 bits per heavy atom. The van der Waals surface area contributed by atoms with Crippen LogP contribution in [0.2, 0.25) is 0 Å². The monoisotopic (exact) mass is 1170 g/mol. The lowest BCUT2D eigenvalue weighted by Crippen LogP contribution is -2.45. The van der Waals surface area contributed by atoms with Gasteiger partial charge in [0.25, 0.3) is 0 Å². The van der Waals surface area contributed by atoms with Gasteiger partial charge < -0.3 is 20.3 Å². The fourth-order valence-corrected chi connectivity index (χ4v) is 12.2. The second-order valence-corrected chi connectivity index (χ2v) is 26.3. The molecule has 0 spiro atoms. The molecule has 1 amide bonds. The predicted molar refractivity (Wildman–Crippen MR) is 366 cm³/mol. The van der Waals surface area contributed by atoms with Crippen molar-refractivity contribution in [2.24, 2.45) is 0 Å². The Labute approximate surface area is 520 Å². The lowest BCUT2D eigenvalue weighted by Gasteiger charge is -2.20. The van der Waals surface area contributed by atoms with Crippen molar-refractivity contribution in [3.05, 3.63) is 24.3 Å². The second kappa shape index (κ2) is 72.8. The molecule has 0 aromatic rings. The Kier molecular flexibility index (Phi) is 71.4. The molecule has 0 aromatic heterocycles. The zero-order valence-corrected chi connectivity index (χ0v) is 56.5. The predicted octanol–water partition coefficient (Wildman–Crippen LogP) is 24.9. The van der Waals surface area contributed by atoms with Crippen molar-refractivity contribution in [2.45, 2.75) is 443 Å². The van der Waals surface area contributed by atoms with Crippen molar-refractivity contribution >= 4 is 11.9 Å². The maximum Gasteiger partial charge on any atom is 0.305 e. The summed E-state index contributed by atoms with van der Waals surface area (Å²) in [6.45, 7) is 4.94. The fourth-order valence-electron chi connectivity index (χ4n) is 12.2. The van der Waals surface area contributed by atoms with Crippen LogP contribution in [0, 0.1) is 0 Å². The molecule has 2 unspecified atom stereocenters. The van der Waals surface area contributed by atoms with E-state index in [-0.39, 0.29) is 18.5 Å². The number of amides is 1. The minimum atomic E-state index is -0.842. The van der Waals surface area contributed by atoms with Gasteiger partial charge in [-0.1, -0.05) is 385 Å². The number of hydrogen-bond donors (Lipinski definition) is 3. The molecule has 3 N–H and O–H groups in total. The van der Waals surface area contributed by atoms with Crippen LogP contribution in [-0.2, 0) is 14.3 Å². The molecule has 6 nitrogen and oxygen atoms in total. The number of hydrogen-bond acceptors (Lipinski definition) is 5. The molecule has 0 radical (unpaired) electrons. The molecule has 0 aliphatic rings. The lowest BCUT2D eigenvalue weighted by molar-refractivity contribution is -0.143. The average molecular weight is 1170 g/mol. The highest BCUT2D eigenvalue weighted by atomic mass is 16.5. The average Bonchev–Trinajstić information content (AvgIpc) is 3.49. The first-order valence-electron chi connectivity index (χ1n) is 38.1. The molecule has 0 bridgehead atoms. The standard InChI is InChI=1S/C77H149NO5/c1-3-5-7-9-11-13-15-17-19-20-21-35-38-42-45-49-53-57-61-65-69-75(80)74(73-79)78-76(81)70-66-62-58-54-50-46-43-39-36-33-31-29-27-25-23-22-24-26-28-30-32-34-37-40-44-48-52-56-60-64-68-72-83-77(82)71-67-63-59-55-51-47-41-18-16-14-12-10-8-6-4-2/h18,41,65,69,74-75,79-80H,3-17,19-40,42-64,66-68,70-73H2,1-2H3,(H,78,81)/b41-18-,69-65+. The molecule has 0 aromatic carbocycles. The van der Waals surface area contributed by atoms with Gasteiger partial charge in [0.1, 0.15) is 0 Å². The molecule has 6 heteroatoms. The Morgan fingerprint density at radius 1 is 0.325 bits per heavy atom. The first-order chi connectivity index (χ1) is 41.0. The number of esters is 1. The molecule has 0 aliphatic carbocycles. The van der Waals surface area contributed by atoms with E-state index in [0.717, 1.165) is 44.9 Å². The SMILES string of the molecule is CCCCCCCC/C=C\CCCCCCCC(=O)OCCCCCCCCCCCCCCCCCCCCCCCCCCCCCCCCCC(=O)NC(CO)C(O)/C=C/CCCCCCCCCCCCCCCCCCCC. The summed E-state index contributed by atoms with van der Waals surface area (Å²) >= 11 is 0. The first-order valence-corrected chi connectivity index (χ1v) is 38.1. The number of carbonyl (C=O) groups is 2. The third kappa shape index (κ3) is 69.3. The van der Waals surface area contributed by atoms with Crippen LogP contribution in [0.15, 0.2) is 24.3 Å². The highest BCUT2D eigenvalue weighted by molar-refractivity contribution is 5.76. The molecule has 0 rings (SSSR count). The maximum absolute atomic E-state index is 12.5. The number of rotatable bonds is 72. The van der Waals surface area contributed by atoms with Crippen molar-refractivity contribution in [1.82, 2.24) is 5.32 Å². The van der Waals surface area contributed by atoms with E-state index in [9.17, 15) is 19.8 Å². The van der Waals surface area contributed by atoms with Crippen molar-refractivity contribution in [1.29, 1.82) is 0 Å². The van der Waals surface area contributed by atoms with Gasteiger partial charge in [0, 0.05) is 12.8 Å². The smallest absolute Gasteiger partial charge is 0.305 e. The van der Waals surface area contributed by atoms with Gasteiger partial charge >= 0.3 is 5.97 Å². The first kappa shape index (κ1) is 81.3. The number of unbranched alkanes of at least 4 members (excludes halogenated alkanes) is 59. The Hall–Kier alpha value is -1.66. The van der Waals surface area contributed by atoms with Gasteiger partial charge in [-0.25, -0.2) is 0 Å². The minimum Gasteiger partial charge on any atom is -0.466 e. The second-order valence-electron chi connectivity index (χ2n) is 26.3. The van der Waals surface area contributed by atoms with Crippen LogP contribution in [0.1, 0.15) is 431 Å². The van der Waals surface area contributed by atoms with Crippen LogP contribution in [0.5, 0.6) is 0 Å². The molecule has 492 valence electrons. The van der Waals surface area contributed by atoms with Gasteiger partial charge in [-0.3, -0.25) is 9.59 Å². The highest BCUT2D eigenvalue weighted by Gasteiger charge is 2.18. The third-order valence-electron chi connectivity index (χ3n) is 18.0. The maximum atomic E-state index is 12.5.